The summed E-state index contributed by atoms with van der Waals surface area (Å²) < 4.78 is 0. The van der Waals surface area contributed by atoms with Gasteiger partial charge in [-0.1, -0.05) is 44.9 Å². The first-order chi connectivity index (χ1) is 8.06. The van der Waals surface area contributed by atoms with E-state index in [1.165, 1.54) is 12.8 Å². The van der Waals surface area contributed by atoms with Crippen LogP contribution in [0.3, 0.4) is 0 Å². The number of nitrogens with zero attached hydrogens (tertiary/aromatic N) is 1. The minimum absolute atomic E-state index is 0.254. The lowest BCUT2D eigenvalue weighted by molar-refractivity contribution is 0.0652. The fourth-order valence-corrected chi connectivity index (χ4v) is 2.63. The molecule has 1 saturated heterocycles. The Bertz CT molecular complexity index is 255. The maximum Gasteiger partial charge on any atom is 0.0278 e. The van der Waals surface area contributed by atoms with Gasteiger partial charge in [0.25, 0.3) is 0 Å². The highest BCUT2D eigenvalue weighted by atomic mass is 35.5. The Balaban J connectivity index is 2.71. The molecule has 0 aromatic rings. The van der Waals surface area contributed by atoms with Crippen LogP contribution in [0.2, 0.25) is 0 Å². The topological polar surface area (TPSA) is 15.3 Å². The van der Waals surface area contributed by atoms with Gasteiger partial charge in [0.15, 0.2) is 0 Å². The summed E-state index contributed by atoms with van der Waals surface area (Å²) in [5.41, 5.74) is 1.89. The van der Waals surface area contributed by atoms with Crippen molar-refractivity contribution in [3.8, 4) is 0 Å². The molecule has 0 amide bonds. The van der Waals surface area contributed by atoms with Gasteiger partial charge >= 0.3 is 0 Å². The van der Waals surface area contributed by atoms with Crippen LogP contribution >= 0.6 is 11.6 Å². The molecule has 3 heteroatoms. The second-order valence-electron chi connectivity index (χ2n) is 5.54. The van der Waals surface area contributed by atoms with Crippen LogP contribution in [-0.2, 0) is 0 Å². The molecule has 2 nitrogen and oxygen atoms in total. The van der Waals surface area contributed by atoms with Gasteiger partial charge in [0, 0.05) is 36.8 Å². The average Bonchev–Trinajstić information content (AvgIpc) is 2.35. The van der Waals surface area contributed by atoms with Crippen molar-refractivity contribution in [3.63, 3.8) is 0 Å². The van der Waals surface area contributed by atoms with Crippen molar-refractivity contribution in [2.24, 2.45) is 5.92 Å². The summed E-state index contributed by atoms with van der Waals surface area (Å²) in [5, 5.41) is 3.72. The predicted molar refractivity (Wildman–Crippen MR) is 76.5 cm³/mol. The first-order valence-electron chi connectivity index (χ1n) is 6.80. The molecular formula is C14H27ClN2. The van der Waals surface area contributed by atoms with E-state index in [4.69, 9.17) is 11.6 Å². The van der Waals surface area contributed by atoms with E-state index in [0.717, 1.165) is 25.6 Å². The number of rotatable bonds is 5. The molecule has 0 aliphatic carbocycles. The predicted octanol–water partition coefficient (Wildman–Crippen LogP) is 3.23. The number of hydrogen-bond donors (Lipinski definition) is 1. The first-order valence-corrected chi connectivity index (χ1v) is 7.24. The molecule has 0 radical (unpaired) electrons. The Morgan fingerprint density at radius 3 is 2.76 bits per heavy atom. The Morgan fingerprint density at radius 2 is 2.24 bits per heavy atom. The third-order valence-electron chi connectivity index (χ3n) is 4.27. The van der Waals surface area contributed by atoms with Crippen LogP contribution in [0.25, 0.3) is 0 Å². The Labute approximate surface area is 111 Å². The minimum Gasteiger partial charge on any atom is -0.309 e. The quantitative estimate of drug-likeness (QED) is 0.815. The van der Waals surface area contributed by atoms with Gasteiger partial charge in [-0.25, -0.2) is 0 Å². The molecule has 3 atom stereocenters. The van der Waals surface area contributed by atoms with Crippen molar-refractivity contribution in [2.75, 3.05) is 19.6 Å². The van der Waals surface area contributed by atoms with Gasteiger partial charge in [-0.05, 0) is 19.3 Å². The maximum atomic E-state index is 5.66. The molecule has 0 bridgehead atoms. The standard InChI is InChI=1S/C14H27ClN2/c1-5-12(3)13-10-16-14(4,6-2)11-17(13)9-7-8-15/h7-8,12-13,16H,5-6,9-11H2,1-4H3/b8-7+. The molecular weight excluding hydrogens is 232 g/mol. The van der Waals surface area contributed by atoms with Crippen LogP contribution in [-0.4, -0.2) is 36.1 Å². The lowest BCUT2D eigenvalue weighted by atomic mass is 9.88. The van der Waals surface area contributed by atoms with Crippen LogP contribution in [0, 0.1) is 5.92 Å². The van der Waals surface area contributed by atoms with E-state index in [-0.39, 0.29) is 5.54 Å². The summed E-state index contributed by atoms with van der Waals surface area (Å²) in [5.74, 6) is 0.729. The molecule has 1 aliphatic heterocycles. The summed E-state index contributed by atoms with van der Waals surface area (Å²) in [6, 6.07) is 0.632. The van der Waals surface area contributed by atoms with Gasteiger partial charge in [-0.3, -0.25) is 4.90 Å². The normalized spacial score (nSPS) is 33.1. The zero-order chi connectivity index (χ0) is 12.9. The smallest absolute Gasteiger partial charge is 0.0278 e. The summed E-state index contributed by atoms with van der Waals surface area (Å²) in [6.07, 6.45) is 4.45. The fraction of sp³-hybridized carbons (Fsp3) is 0.857. The molecule has 0 spiro atoms. The van der Waals surface area contributed by atoms with Gasteiger partial charge < -0.3 is 5.32 Å². The van der Waals surface area contributed by atoms with Crippen LogP contribution in [0.15, 0.2) is 11.6 Å². The van der Waals surface area contributed by atoms with Crippen molar-refractivity contribution in [2.45, 2.75) is 52.1 Å². The SMILES string of the molecule is CCC(C)C1CNC(C)(CC)CN1C/C=C/Cl. The monoisotopic (exact) mass is 258 g/mol. The van der Waals surface area contributed by atoms with E-state index < -0.39 is 0 Å². The zero-order valence-corrected chi connectivity index (χ0v) is 12.4. The van der Waals surface area contributed by atoms with E-state index in [0.29, 0.717) is 6.04 Å². The second kappa shape index (κ2) is 6.77. The Kier molecular flexibility index (Phi) is 5.98. The molecule has 1 fully saturated rings. The number of hydrogen-bond acceptors (Lipinski definition) is 2. The van der Waals surface area contributed by atoms with Crippen molar-refractivity contribution in [3.05, 3.63) is 11.6 Å². The van der Waals surface area contributed by atoms with Gasteiger partial charge in [0.2, 0.25) is 0 Å². The molecule has 0 aromatic heterocycles. The highest BCUT2D eigenvalue weighted by Gasteiger charge is 2.35. The Morgan fingerprint density at radius 1 is 1.53 bits per heavy atom. The molecule has 17 heavy (non-hydrogen) atoms. The highest BCUT2D eigenvalue weighted by Crippen LogP contribution is 2.24. The first kappa shape index (κ1) is 15.0. The highest BCUT2D eigenvalue weighted by molar-refractivity contribution is 6.25. The molecule has 1 N–H and O–H groups in total. The molecule has 3 unspecified atom stereocenters. The van der Waals surface area contributed by atoms with E-state index >= 15 is 0 Å². The maximum absolute atomic E-state index is 5.66. The lowest BCUT2D eigenvalue weighted by Gasteiger charge is -2.47. The largest absolute Gasteiger partial charge is 0.309 e. The summed E-state index contributed by atoms with van der Waals surface area (Å²) in [4.78, 5) is 2.58. The van der Waals surface area contributed by atoms with Crippen molar-refractivity contribution in [1.29, 1.82) is 0 Å². The number of piperazine rings is 1. The van der Waals surface area contributed by atoms with Gasteiger partial charge in [0.1, 0.15) is 0 Å². The molecule has 1 aliphatic rings. The van der Waals surface area contributed by atoms with Crippen LogP contribution in [0.1, 0.15) is 40.5 Å². The minimum atomic E-state index is 0.254. The average molecular weight is 259 g/mol. The summed E-state index contributed by atoms with van der Waals surface area (Å²) in [7, 11) is 0. The van der Waals surface area contributed by atoms with Gasteiger partial charge in [-0.2, -0.15) is 0 Å². The zero-order valence-electron chi connectivity index (χ0n) is 11.7. The van der Waals surface area contributed by atoms with E-state index in [1.807, 2.05) is 0 Å². The molecule has 1 rings (SSSR count). The molecule has 1 heterocycles. The van der Waals surface area contributed by atoms with E-state index in [9.17, 15) is 0 Å². The van der Waals surface area contributed by atoms with Crippen molar-refractivity contribution >= 4 is 11.6 Å². The summed E-state index contributed by atoms with van der Waals surface area (Å²) in [6.45, 7) is 12.4. The summed E-state index contributed by atoms with van der Waals surface area (Å²) >= 11 is 5.66. The number of halogens is 1. The third kappa shape index (κ3) is 3.97. The third-order valence-corrected chi connectivity index (χ3v) is 4.45. The molecule has 0 saturated carbocycles. The van der Waals surface area contributed by atoms with Gasteiger partial charge in [-0.15, -0.1) is 0 Å². The van der Waals surface area contributed by atoms with Gasteiger partial charge in [0.05, 0.1) is 0 Å². The van der Waals surface area contributed by atoms with Crippen molar-refractivity contribution in [1.82, 2.24) is 10.2 Å². The van der Waals surface area contributed by atoms with E-state index in [1.54, 1.807) is 5.54 Å². The van der Waals surface area contributed by atoms with Crippen LogP contribution in [0.5, 0.6) is 0 Å². The molecule has 0 aromatic carbocycles. The Hall–Kier alpha value is -0.0500. The van der Waals surface area contributed by atoms with Crippen molar-refractivity contribution < 1.29 is 0 Å². The molecule has 100 valence electrons. The fourth-order valence-electron chi connectivity index (χ4n) is 2.55. The van der Waals surface area contributed by atoms with E-state index in [2.05, 4.69) is 44.0 Å². The number of nitrogens with one attached hydrogen (secondary N) is 1. The van der Waals surface area contributed by atoms with Crippen LogP contribution in [0.4, 0.5) is 0 Å². The lowest BCUT2D eigenvalue weighted by Crippen LogP contribution is -2.64. The second-order valence-corrected chi connectivity index (χ2v) is 5.79. The van der Waals surface area contributed by atoms with Crippen LogP contribution < -0.4 is 5.32 Å².